The van der Waals surface area contributed by atoms with Crippen LogP contribution < -0.4 is 11.1 Å². The van der Waals surface area contributed by atoms with Crippen molar-refractivity contribution in [2.75, 3.05) is 16.8 Å². The molecule has 1 aromatic heterocycles. The van der Waals surface area contributed by atoms with Crippen molar-refractivity contribution in [1.82, 2.24) is 4.98 Å². The number of hydrogen-bond acceptors (Lipinski definition) is 8. The number of anilines is 3. The fourth-order valence-corrected chi connectivity index (χ4v) is 5.06. The molecule has 11 heteroatoms. The zero-order valence-corrected chi connectivity index (χ0v) is 20.2. The van der Waals surface area contributed by atoms with Gasteiger partial charge in [0, 0.05) is 10.6 Å². The molecule has 3 N–H and O–H groups in total. The van der Waals surface area contributed by atoms with Crippen LogP contribution in [0.25, 0.3) is 0 Å². The minimum absolute atomic E-state index is 0.0367. The number of ether oxygens (including phenoxy) is 1. The summed E-state index contributed by atoms with van der Waals surface area (Å²) in [6.45, 7) is 3.45. The number of carbonyl (C=O) groups excluding carboxylic acids is 2. The van der Waals surface area contributed by atoms with E-state index in [1.807, 2.05) is 0 Å². The highest BCUT2D eigenvalue weighted by atomic mass is 35.5. The molecule has 3 rings (SSSR count). The Morgan fingerprint density at radius 3 is 2.50 bits per heavy atom. The monoisotopic (exact) mass is 511 g/mol. The molecule has 0 saturated heterocycles. The number of carbonyl (C=O) groups is 2. The standard InChI is InChI=1S/C21H19Cl2N3O4S2/c1-11(2)30-16(27)10-32(29)13-6-3-5-12(9-13)25-21-26-20(24)19(31-21)18(28)17-14(22)7-4-8-15(17)23/h3-9,11H,10,24H2,1-2H3,(H,25,26). The number of esters is 1. The molecule has 1 heterocycles. The van der Waals surface area contributed by atoms with Crippen LogP contribution in [0.15, 0.2) is 47.4 Å². The van der Waals surface area contributed by atoms with Crippen molar-refractivity contribution < 1.29 is 18.5 Å². The molecular weight excluding hydrogens is 493 g/mol. The van der Waals surface area contributed by atoms with Gasteiger partial charge < -0.3 is 15.8 Å². The molecule has 0 saturated carbocycles. The lowest BCUT2D eigenvalue weighted by molar-refractivity contribution is -0.144. The highest BCUT2D eigenvalue weighted by Gasteiger charge is 2.23. The van der Waals surface area contributed by atoms with Gasteiger partial charge in [0.2, 0.25) is 5.78 Å². The van der Waals surface area contributed by atoms with E-state index in [1.165, 1.54) is 0 Å². The second-order valence-electron chi connectivity index (χ2n) is 6.84. The van der Waals surface area contributed by atoms with Crippen molar-refractivity contribution >= 4 is 73.7 Å². The van der Waals surface area contributed by atoms with Crippen molar-refractivity contribution in [2.45, 2.75) is 24.8 Å². The maximum atomic E-state index is 12.9. The number of benzene rings is 2. The first-order valence-corrected chi connectivity index (χ1v) is 12.2. The van der Waals surface area contributed by atoms with Gasteiger partial charge in [0.25, 0.3) is 0 Å². The summed E-state index contributed by atoms with van der Waals surface area (Å²) in [6.07, 6.45) is -0.277. The van der Waals surface area contributed by atoms with Gasteiger partial charge in [-0.25, -0.2) is 4.98 Å². The Morgan fingerprint density at radius 1 is 1.19 bits per heavy atom. The minimum Gasteiger partial charge on any atom is -0.462 e. The van der Waals surface area contributed by atoms with Crippen molar-refractivity contribution in [3.8, 4) is 0 Å². The minimum atomic E-state index is -1.57. The van der Waals surface area contributed by atoms with Crippen LogP contribution >= 0.6 is 34.5 Å². The molecule has 0 fully saturated rings. The number of ketones is 1. The highest BCUT2D eigenvalue weighted by molar-refractivity contribution is 7.85. The van der Waals surface area contributed by atoms with Gasteiger partial charge in [-0.2, -0.15) is 0 Å². The number of nitrogens with one attached hydrogen (secondary N) is 1. The lowest BCUT2D eigenvalue weighted by Crippen LogP contribution is -2.18. The second kappa shape index (κ2) is 10.4. The van der Waals surface area contributed by atoms with Crippen LogP contribution in [0.4, 0.5) is 16.6 Å². The average Bonchev–Trinajstić information content (AvgIpc) is 3.07. The average molecular weight is 512 g/mol. The topological polar surface area (TPSA) is 111 Å². The summed E-state index contributed by atoms with van der Waals surface area (Å²) in [5.74, 6) is -1.18. The molecule has 0 aliphatic heterocycles. The van der Waals surface area contributed by atoms with Crippen LogP contribution in [0.1, 0.15) is 29.1 Å². The third-order valence-electron chi connectivity index (χ3n) is 4.01. The molecule has 1 atom stereocenters. The zero-order valence-electron chi connectivity index (χ0n) is 17.1. The normalized spacial score (nSPS) is 11.9. The van der Waals surface area contributed by atoms with Crippen LogP contribution in [0, 0.1) is 0 Å². The van der Waals surface area contributed by atoms with Gasteiger partial charge in [0.15, 0.2) is 5.13 Å². The van der Waals surface area contributed by atoms with Crippen LogP contribution in [-0.4, -0.2) is 32.8 Å². The smallest absolute Gasteiger partial charge is 0.319 e. The van der Waals surface area contributed by atoms with E-state index in [4.69, 9.17) is 33.7 Å². The molecule has 0 spiro atoms. The SMILES string of the molecule is CC(C)OC(=O)CS(=O)c1cccc(Nc2nc(N)c(C(=O)c3c(Cl)cccc3Cl)s2)c1. The van der Waals surface area contributed by atoms with Gasteiger partial charge >= 0.3 is 5.97 Å². The number of rotatable bonds is 8. The number of nitrogen functional groups attached to an aromatic ring is 1. The largest absolute Gasteiger partial charge is 0.462 e. The Kier molecular flexibility index (Phi) is 7.89. The second-order valence-corrected chi connectivity index (χ2v) is 10.1. The zero-order chi connectivity index (χ0) is 23.4. The Bertz CT molecular complexity index is 1180. The van der Waals surface area contributed by atoms with Crippen molar-refractivity contribution in [3.05, 3.63) is 63.0 Å². The van der Waals surface area contributed by atoms with Gasteiger partial charge in [-0.15, -0.1) is 0 Å². The molecule has 2 aromatic carbocycles. The molecule has 0 aliphatic carbocycles. The predicted octanol–water partition coefficient (Wildman–Crippen LogP) is 5.07. The van der Waals surface area contributed by atoms with E-state index in [9.17, 15) is 13.8 Å². The highest BCUT2D eigenvalue weighted by Crippen LogP contribution is 2.34. The first-order chi connectivity index (χ1) is 15.2. The van der Waals surface area contributed by atoms with Gasteiger partial charge in [0.1, 0.15) is 16.4 Å². The van der Waals surface area contributed by atoms with Crippen molar-refractivity contribution in [1.29, 1.82) is 0 Å². The molecule has 168 valence electrons. The number of nitrogens with two attached hydrogens (primary N) is 1. The maximum Gasteiger partial charge on any atom is 0.319 e. The molecule has 0 amide bonds. The van der Waals surface area contributed by atoms with Crippen molar-refractivity contribution in [3.63, 3.8) is 0 Å². The van der Waals surface area contributed by atoms with Crippen LogP contribution in [0.3, 0.4) is 0 Å². The predicted molar refractivity (Wildman–Crippen MR) is 129 cm³/mol. The van der Waals surface area contributed by atoms with E-state index in [-0.39, 0.29) is 38.2 Å². The molecule has 0 radical (unpaired) electrons. The number of nitrogens with zero attached hydrogens (tertiary/aromatic N) is 1. The summed E-state index contributed by atoms with van der Waals surface area (Å²) in [6, 6.07) is 11.5. The first-order valence-electron chi connectivity index (χ1n) is 9.35. The summed E-state index contributed by atoms with van der Waals surface area (Å²) in [4.78, 5) is 29.5. The Morgan fingerprint density at radius 2 is 1.84 bits per heavy atom. The summed E-state index contributed by atoms with van der Waals surface area (Å²) in [5.41, 5.74) is 6.68. The molecule has 0 aliphatic rings. The first kappa shape index (κ1) is 24.2. The van der Waals surface area contributed by atoms with E-state index >= 15 is 0 Å². The number of hydrogen-bond donors (Lipinski definition) is 2. The number of aromatic nitrogens is 1. The van der Waals surface area contributed by atoms with Crippen LogP contribution in [-0.2, 0) is 20.3 Å². The van der Waals surface area contributed by atoms with E-state index in [0.29, 0.717) is 15.7 Å². The molecule has 0 bridgehead atoms. The van der Waals surface area contributed by atoms with Gasteiger partial charge in [-0.3, -0.25) is 13.8 Å². The fraction of sp³-hybridized carbons (Fsp3) is 0.190. The third-order valence-corrected chi connectivity index (χ3v) is 6.91. The van der Waals surface area contributed by atoms with Crippen molar-refractivity contribution in [2.24, 2.45) is 0 Å². The number of halogens is 2. The maximum absolute atomic E-state index is 12.9. The van der Waals surface area contributed by atoms with Gasteiger partial charge in [-0.05, 0) is 44.2 Å². The fourth-order valence-electron chi connectivity index (χ4n) is 2.70. The van der Waals surface area contributed by atoms with Gasteiger partial charge in [-0.1, -0.05) is 46.7 Å². The molecular formula is C21H19Cl2N3O4S2. The summed E-state index contributed by atoms with van der Waals surface area (Å²) in [5, 5.41) is 3.83. The summed E-state index contributed by atoms with van der Waals surface area (Å²) >= 11 is 13.3. The molecule has 32 heavy (non-hydrogen) atoms. The quantitative estimate of drug-likeness (QED) is 0.320. The Hall–Kier alpha value is -2.46. The lowest BCUT2D eigenvalue weighted by Gasteiger charge is -2.08. The molecule has 3 aromatic rings. The van der Waals surface area contributed by atoms with E-state index < -0.39 is 22.6 Å². The summed E-state index contributed by atoms with van der Waals surface area (Å²) < 4.78 is 17.5. The van der Waals surface area contributed by atoms with E-state index in [0.717, 1.165) is 11.3 Å². The van der Waals surface area contributed by atoms with Crippen LogP contribution in [0.5, 0.6) is 0 Å². The lowest BCUT2D eigenvalue weighted by atomic mass is 10.1. The molecule has 1 unspecified atom stereocenters. The van der Waals surface area contributed by atoms with E-state index in [2.05, 4.69) is 10.3 Å². The Labute approximate surface area is 201 Å². The molecule has 7 nitrogen and oxygen atoms in total. The van der Waals surface area contributed by atoms with Crippen LogP contribution in [0.2, 0.25) is 10.0 Å². The van der Waals surface area contributed by atoms with E-state index in [1.54, 1.807) is 56.3 Å². The number of thiazole rings is 1. The summed E-state index contributed by atoms with van der Waals surface area (Å²) in [7, 11) is -1.57. The Balaban J connectivity index is 1.78. The van der Waals surface area contributed by atoms with Gasteiger partial charge in [0.05, 0.1) is 32.5 Å². The third kappa shape index (κ3) is 5.86.